The van der Waals surface area contributed by atoms with E-state index in [-0.39, 0.29) is 11.7 Å². The van der Waals surface area contributed by atoms with Gasteiger partial charge in [0.1, 0.15) is 11.6 Å². The number of ketones is 2. The predicted octanol–water partition coefficient (Wildman–Crippen LogP) is 2.45. The van der Waals surface area contributed by atoms with E-state index in [9.17, 15) is 9.59 Å². The topological polar surface area (TPSA) is 34.1 Å². The van der Waals surface area contributed by atoms with E-state index in [4.69, 9.17) is 0 Å². The van der Waals surface area contributed by atoms with E-state index < -0.39 is 5.41 Å². The van der Waals surface area contributed by atoms with Gasteiger partial charge in [0.15, 0.2) is 0 Å². The molecule has 2 nitrogen and oxygen atoms in total. The normalized spacial score (nSPS) is 41.7. The van der Waals surface area contributed by atoms with Gasteiger partial charge in [0, 0.05) is 18.8 Å². The van der Waals surface area contributed by atoms with Crippen LogP contribution in [0.5, 0.6) is 0 Å². The quantitative estimate of drug-likeness (QED) is 0.583. The molecule has 0 N–H and O–H groups in total. The first kappa shape index (κ1) is 10.0. The van der Waals surface area contributed by atoms with Gasteiger partial charge in [-0.15, -0.1) is 0 Å². The van der Waals surface area contributed by atoms with Crippen LogP contribution in [0, 0.1) is 17.3 Å². The van der Waals surface area contributed by atoms with Crippen LogP contribution in [0.4, 0.5) is 0 Å². The lowest BCUT2D eigenvalue weighted by atomic mass is 9.54. The Morgan fingerprint density at radius 2 is 2.12 bits per heavy atom. The number of Topliss-reactive ketones (excluding diaryl/α,β-unsaturated/α-hetero) is 2. The molecule has 0 radical (unpaired) electrons. The second-order valence-electron chi connectivity index (χ2n) is 5.39. The highest BCUT2D eigenvalue weighted by Crippen LogP contribution is 2.53. The molecule has 1 fully saturated rings. The monoisotopic (exact) mass is 216 g/mol. The van der Waals surface area contributed by atoms with Crippen LogP contribution >= 0.6 is 0 Å². The zero-order valence-corrected chi connectivity index (χ0v) is 9.53. The minimum Gasteiger partial charge on any atom is -0.299 e. The molecule has 0 heterocycles. The predicted molar refractivity (Wildman–Crippen MR) is 60.8 cm³/mol. The lowest BCUT2D eigenvalue weighted by Crippen LogP contribution is -2.49. The maximum atomic E-state index is 12.2. The van der Waals surface area contributed by atoms with Crippen molar-refractivity contribution in [2.24, 2.45) is 17.3 Å². The van der Waals surface area contributed by atoms with Crippen molar-refractivity contribution in [3.63, 3.8) is 0 Å². The molecule has 16 heavy (non-hydrogen) atoms. The Labute approximate surface area is 95.4 Å². The molecule has 0 saturated heterocycles. The Bertz CT molecular complexity index is 430. The molecule has 4 aliphatic carbocycles. The minimum absolute atomic E-state index is 0.0440. The fourth-order valence-electron chi connectivity index (χ4n) is 3.59. The second-order valence-corrected chi connectivity index (χ2v) is 5.39. The summed E-state index contributed by atoms with van der Waals surface area (Å²) in [4.78, 5) is 24.3. The minimum atomic E-state index is -0.469. The zero-order valence-electron chi connectivity index (χ0n) is 9.53. The maximum absolute atomic E-state index is 12.2. The average Bonchev–Trinajstić information content (AvgIpc) is 2.40. The van der Waals surface area contributed by atoms with Crippen molar-refractivity contribution in [2.75, 3.05) is 0 Å². The third-order valence-corrected chi connectivity index (χ3v) is 4.55. The molecule has 2 heteroatoms. The molecule has 4 aliphatic rings. The lowest BCUT2D eigenvalue weighted by Gasteiger charge is -2.47. The van der Waals surface area contributed by atoms with Crippen molar-refractivity contribution in [2.45, 2.75) is 32.6 Å². The Kier molecular flexibility index (Phi) is 1.97. The smallest absolute Gasteiger partial charge is 0.144 e. The summed E-state index contributed by atoms with van der Waals surface area (Å²) in [5, 5.41) is 0. The van der Waals surface area contributed by atoms with E-state index in [0.717, 1.165) is 12.8 Å². The molecule has 1 spiro atoms. The molecule has 0 aromatic heterocycles. The Morgan fingerprint density at radius 1 is 1.31 bits per heavy atom. The van der Waals surface area contributed by atoms with Crippen molar-refractivity contribution in [1.82, 2.24) is 0 Å². The number of allylic oxidation sites excluding steroid dienone is 4. The first-order valence-electron chi connectivity index (χ1n) is 6.04. The molecular weight excluding hydrogens is 200 g/mol. The SMILES string of the molecule is CC1=C[C@@]23CC=CCC(=O)[C@H]2C[C@@H]1CC3=O. The third-order valence-electron chi connectivity index (χ3n) is 4.55. The molecule has 3 atom stereocenters. The summed E-state index contributed by atoms with van der Waals surface area (Å²) >= 11 is 0. The van der Waals surface area contributed by atoms with Gasteiger partial charge in [0.25, 0.3) is 0 Å². The summed E-state index contributed by atoms with van der Waals surface area (Å²) in [7, 11) is 0. The van der Waals surface area contributed by atoms with Gasteiger partial charge in [-0.25, -0.2) is 0 Å². The van der Waals surface area contributed by atoms with Gasteiger partial charge in [0.2, 0.25) is 0 Å². The first-order valence-corrected chi connectivity index (χ1v) is 6.04. The highest BCUT2D eigenvalue weighted by atomic mass is 16.1. The van der Waals surface area contributed by atoms with Gasteiger partial charge in [-0.2, -0.15) is 0 Å². The van der Waals surface area contributed by atoms with Crippen LogP contribution in [-0.2, 0) is 9.59 Å². The summed E-state index contributed by atoms with van der Waals surface area (Å²) in [5.41, 5.74) is 0.849. The molecule has 0 aliphatic heterocycles. The third kappa shape index (κ3) is 1.13. The van der Waals surface area contributed by atoms with Gasteiger partial charge in [-0.3, -0.25) is 9.59 Å². The van der Waals surface area contributed by atoms with Crippen LogP contribution in [0.3, 0.4) is 0 Å². The van der Waals surface area contributed by atoms with Crippen LogP contribution in [-0.4, -0.2) is 11.6 Å². The Morgan fingerprint density at radius 3 is 2.94 bits per heavy atom. The lowest BCUT2D eigenvalue weighted by molar-refractivity contribution is -0.142. The summed E-state index contributed by atoms with van der Waals surface area (Å²) in [6.45, 7) is 2.11. The number of rotatable bonds is 0. The summed E-state index contributed by atoms with van der Waals surface area (Å²) in [6.07, 6.45) is 8.84. The van der Waals surface area contributed by atoms with Gasteiger partial charge in [-0.05, 0) is 25.7 Å². The molecule has 2 bridgehead atoms. The summed E-state index contributed by atoms with van der Waals surface area (Å²) < 4.78 is 0. The zero-order chi connectivity index (χ0) is 11.3. The number of carbonyl (C=O) groups is 2. The standard InChI is InChI=1S/C14H16O2/c1-9-8-14-5-3-2-4-12(15)11(14)6-10(9)7-13(14)16/h2-3,8,10-11H,4-7H2,1H3/t10-,11-,14+/m1/s1. The second kappa shape index (κ2) is 3.16. The van der Waals surface area contributed by atoms with Gasteiger partial charge < -0.3 is 0 Å². The van der Waals surface area contributed by atoms with Gasteiger partial charge in [-0.1, -0.05) is 23.8 Å². The van der Waals surface area contributed by atoms with Crippen molar-refractivity contribution in [3.8, 4) is 0 Å². The van der Waals surface area contributed by atoms with Crippen LogP contribution in [0.2, 0.25) is 0 Å². The highest BCUT2D eigenvalue weighted by molar-refractivity contribution is 5.98. The fourth-order valence-corrected chi connectivity index (χ4v) is 3.59. The van der Waals surface area contributed by atoms with Crippen molar-refractivity contribution in [1.29, 1.82) is 0 Å². The van der Waals surface area contributed by atoms with Gasteiger partial charge in [0.05, 0.1) is 5.41 Å². The van der Waals surface area contributed by atoms with Crippen LogP contribution in [0.15, 0.2) is 23.8 Å². The molecule has 0 unspecified atom stereocenters. The van der Waals surface area contributed by atoms with E-state index >= 15 is 0 Å². The van der Waals surface area contributed by atoms with Crippen molar-refractivity contribution in [3.05, 3.63) is 23.8 Å². The van der Waals surface area contributed by atoms with Crippen LogP contribution < -0.4 is 0 Å². The van der Waals surface area contributed by atoms with Crippen molar-refractivity contribution >= 4 is 11.6 Å². The highest BCUT2D eigenvalue weighted by Gasteiger charge is 2.54. The van der Waals surface area contributed by atoms with Crippen LogP contribution in [0.1, 0.15) is 32.6 Å². The Hall–Kier alpha value is -1.18. The number of carbonyl (C=O) groups excluding carboxylic acids is 2. The number of hydrogen-bond donors (Lipinski definition) is 0. The van der Waals surface area contributed by atoms with E-state index in [1.54, 1.807) is 0 Å². The average molecular weight is 216 g/mol. The van der Waals surface area contributed by atoms with E-state index in [2.05, 4.69) is 13.0 Å². The molecule has 1 saturated carbocycles. The fraction of sp³-hybridized carbons (Fsp3) is 0.571. The summed E-state index contributed by atoms with van der Waals surface area (Å²) in [5.74, 6) is 0.841. The first-order chi connectivity index (χ1) is 7.63. The molecule has 84 valence electrons. The van der Waals surface area contributed by atoms with E-state index in [0.29, 0.717) is 24.5 Å². The molecular formula is C14H16O2. The van der Waals surface area contributed by atoms with E-state index in [1.165, 1.54) is 5.57 Å². The van der Waals surface area contributed by atoms with Crippen molar-refractivity contribution < 1.29 is 9.59 Å². The largest absolute Gasteiger partial charge is 0.299 e. The van der Waals surface area contributed by atoms with E-state index in [1.807, 2.05) is 12.2 Å². The van der Waals surface area contributed by atoms with Gasteiger partial charge >= 0.3 is 0 Å². The molecule has 0 amide bonds. The maximum Gasteiger partial charge on any atom is 0.144 e. The Balaban J connectivity index is 2.15. The number of hydrogen-bond acceptors (Lipinski definition) is 2. The van der Waals surface area contributed by atoms with Crippen LogP contribution in [0.25, 0.3) is 0 Å². The molecule has 4 rings (SSSR count). The summed E-state index contributed by atoms with van der Waals surface area (Å²) in [6, 6.07) is 0. The molecule has 0 aromatic carbocycles. The number of fused-ring (bicyclic) bond motifs is 1. The molecule has 0 aromatic rings.